The van der Waals surface area contributed by atoms with Crippen LogP contribution < -0.4 is 10.4 Å². The lowest BCUT2D eigenvalue weighted by molar-refractivity contribution is -0.299. The van der Waals surface area contributed by atoms with E-state index in [4.69, 9.17) is 0 Å². The summed E-state index contributed by atoms with van der Waals surface area (Å²) < 4.78 is 0. The van der Waals surface area contributed by atoms with Crippen molar-refractivity contribution in [3.05, 3.63) is 11.6 Å². The number of hydrogen-bond donors (Lipinski definition) is 1. The van der Waals surface area contributed by atoms with Crippen molar-refractivity contribution in [1.82, 2.24) is 5.32 Å². The van der Waals surface area contributed by atoms with Crippen LogP contribution in [-0.4, -0.2) is 17.9 Å². The average Bonchev–Trinajstić information content (AvgIpc) is 2.18. The molecule has 0 atom stereocenters. The third kappa shape index (κ3) is 4.14. The van der Waals surface area contributed by atoms with Gasteiger partial charge in [0.1, 0.15) is 0 Å². The van der Waals surface area contributed by atoms with Crippen LogP contribution in [0.5, 0.6) is 0 Å². The Labute approximate surface area is 89.4 Å². The maximum atomic E-state index is 11.3. The van der Waals surface area contributed by atoms with Gasteiger partial charge in [0.25, 0.3) is 0 Å². The number of rotatable bonds is 3. The lowest BCUT2D eigenvalue weighted by atomic mass is 9.95. The van der Waals surface area contributed by atoms with Crippen LogP contribution in [0.4, 0.5) is 0 Å². The monoisotopic (exact) mass is 210 g/mol. The highest BCUT2D eigenvalue weighted by Crippen LogP contribution is 2.17. The van der Waals surface area contributed by atoms with Gasteiger partial charge in [0.2, 0.25) is 5.91 Å². The van der Waals surface area contributed by atoms with Gasteiger partial charge in [-0.3, -0.25) is 4.79 Å². The summed E-state index contributed by atoms with van der Waals surface area (Å²) in [5.41, 5.74) is -0.0386. The first-order valence-electron chi connectivity index (χ1n) is 5.29. The van der Waals surface area contributed by atoms with Gasteiger partial charge in [-0.25, -0.2) is 0 Å². The summed E-state index contributed by atoms with van der Waals surface area (Å²) in [5.74, 6) is -1.63. The SMILES string of the molecule is CC(=CC(=O)NC1CCCCC1)C(=O)[O-]. The van der Waals surface area contributed by atoms with Crippen LogP contribution in [0.15, 0.2) is 11.6 Å². The van der Waals surface area contributed by atoms with Gasteiger partial charge in [-0.1, -0.05) is 19.3 Å². The van der Waals surface area contributed by atoms with Gasteiger partial charge in [-0.05, 0) is 25.3 Å². The van der Waals surface area contributed by atoms with E-state index in [1.54, 1.807) is 0 Å². The number of nitrogens with one attached hydrogen (secondary N) is 1. The zero-order chi connectivity index (χ0) is 11.3. The fourth-order valence-corrected chi connectivity index (χ4v) is 1.75. The molecule has 84 valence electrons. The minimum absolute atomic E-state index is 0.0386. The van der Waals surface area contributed by atoms with Crippen LogP contribution in [0.2, 0.25) is 0 Å². The molecule has 1 aliphatic carbocycles. The van der Waals surface area contributed by atoms with Crippen LogP contribution in [0.3, 0.4) is 0 Å². The molecule has 0 spiro atoms. The number of carbonyl (C=O) groups is 2. The van der Waals surface area contributed by atoms with Crippen molar-refractivity contribution < 1.29 is 14.7 Å². The first kappa shape index (κ1) is 11.8. The van der Waals surface area contributed by atoms with Crippen molar-refractivity contribution in [1.29, 1.82) is 0 Å². The van der Waals surface area contributed by atoms with E-state index in [0.717, 1.165) is 31.8 Å². The van der Waals surface area contributed by atoms with E-state index in [-0.39, 0.29) is 17.5 Å². The summed E-state index contributed by atoms with van der Waals surface area (Å²) in [4.78, 5) is 21.7. The molecule has 1 aliphatic rings. The number of carboxylic acid groups (broad SMARTS) is 1. The molecule has 1 N–H and O–H groups in total. The van der Waals surface area contributed by atoms with E-state index < -0.39 is 5.97 Å². The second kappa shape index (κ2) is 5.53. The topological polar surface area (TPSA) is 69.2 Å². The van der Waals surface area contributed by atoms with Gasteiger partial charge in [0.15, 0.2) is 0 Å². The molecule has 0 heterocycles. The standard InChI is InChI=1S/C11H17NO3/c1-8(11(14)15)7-10(13)12-9-5-3-2-4-6-9/h7,9H,2-6H2,1H3,(H,12,13)(H,14,15)/p-1. The van der Waals surface area contributed by atoms with Gasteiger partial charge >= 0.3 is 0 Å². The zero-order valence-electron chi connectivity index (χ0n) is 8.91. The molecule has 1 saturated carbocycles. The quantitative estimate of drug-likeness (QED) is 0.673. The van der Waals surface area contributed by atoms with Crippen LogP contribution in [0.1, 0.15) is 39.0 Å². The summed E-state index contributed by atoms with van der Waals surface area (Å²) >= 11 is 0. The lowest BCUT2D eigenvalue weighted by Crippen LogP contribution is -2.35. The van der Waals surface area contributed by atoms with Crippen molar-refractivity contribution in [3.8, 4) is 0 Å². The molecular weight excluding hydrogens is 194 g/mol. The molecule has 0 saturated heterocycles. The van der Waals surface area contributed by atoms with Gasteiger partial charge in [0, 0.05) is 12.1 Å². The molecule has 0 bridgehead atoms. The van der Waals surface area contributed by atoms with E-state index in [0.29, 0.717) is 0 Å². The third-order valence-corrected chi connectivity index (χ3v) is 2.62. The van der Waals surface area contributed by atoms with Crippen LogP contribution in [0, 0.1) is 0 Å². The summed E-state index contributed by atoms with van der Waals surface area (Å²) in [5, 5.41) is 13.2. The van der Waals surface area contributed by atoms with E-state index in [9.17, 15) is 14.7 Å². The molecular formula is C11H16NO3-. The highest BCUT2D eigenvalue weighted by Gasteiger charge is 2.14. The van der Waals surface area contributed by atoms with E-state index in [2.05, 4.69) is 5.32 Å². The molecule has 1 fully saturated rings. The Morgan fingerprint density at radius 2 is 1.87 bits per heavy atom. The number of aliphatic carboxylic acids is 1. The van der Waals surface area contributed by atoms with Crippen molar-refractivity contribution in [2.75, 3.05) is 0 Å². The molecule has 0 aromatic heterocycles. The maximum Gasteiger partial charge on any atom is 0.244 e. The van der Waals surface area contributed by atoms with Crippen molar-refractivity contribution >= 4 is 11.9 Å². The normalized spacial score (nSPS) is 18.6. The molecule has 15 heavy (non-hydrogen) atoms. The molecule has 0 aromatic carbocycles. The maximum absolute atomic E-state index is 11.3. The Bertz CT molecular complexity index is 278. The van der Waals surface area contributed by atoms with Crippen LogP contribution in [0.25, 0.3) is 0 Å². The fraction of sp³-hybridized carbons (Fsp3) is 0.636. The molecule has 4 heteroatoms. The minimum atomic E-state index is -1.30. The Kier molecular flexibility index (Phi) is 4.34. The highest BCUT2D eigenvalue weighted by molar-refractivity contribution is 5.96. The van der Waals surface area contributed by atoms with Gasteiger partial charge in [0.05, 0.1) is 5.97 Å². The number of carbonyl (C=O) groups excluding carboxylic acids is 2. The number of hydrogen-bond acceptors (Lipinski definition) is 3. The van der Waals surface area contributed by atoms with Gasteiger partial charge < -0.3 is 15.2 Å². The third-order valence-electron chi connectivity index (χ3n) is 2.62. The largest absolute Gasteiger partial charge is 0.545 e. The first-order chi connectivity index (χ1) is 7.09. The fourth-order valence-electron chi connectivity index (χ4n) is 1.75. The average molecular weight is 210 g/mol. The Morgan fingerprint density at radius 1 is 1.27 bits per heavy atom. The Balaban J connectivity index is 2.41. The predicted octanol–water partition coefficient (Wildman–Crippen LogP) is 0.131. The number of amides is 1. The Hall–Kier alpha value is -1.32. The van der Waals surface area contributed by atoms with Crippen LogP contribution >= 0.6 is 0 Å². The number of carboxylic acids is 1. The summed E-state index contributed by atoms with van der Waals surface area (Å²) in [6.45, 7) is 1.36. The minimum Gasteiger partial charge on any atom is -0.545 e. The van der Waals surface area contributed by atoms with Crippen molar-refractivity contribution in [2.24, 2.45) is 0 Å². The van der Waals surface area contributed by atoms with Gasteiger partial charge in [-0.2, -0.15) is 0 Å². The van der Waals surface area contributed by atoms with Crippen molar-refractivity contribution in [3.63, 3.8) is 0 Å². The van der Waals surface area contributed by atoms with E-state index >= 15 is 0 Å². The Morgan fingerprint density at radius 3 is 2.40 bits per heavy atom. The second-order valence-corrected chi connectivity index (χ2v) is 3.96. The molecule has 4 nitrogen and oxygen atoms in total. The lowest BCUT2D eigenvalue weighted by Gasteiger charge is -2.22. The summed E-state index contributed by atoms with van der Waals surface area (Å²) in [6.07, 6.45) is 6.56. The summed E-state index contributed by atoms with van der Waals surface area (Å²) in [7, 11) is 0. The van der Waals surface area contributed by atoms with E-state index in [1.165, 1.54) is 13.3 Å². The smallest absolute Gasteiger partial charge is 0.244 e. The molecule has 0 aromatic rings. The molecule has 0 aliphatic heterocycles. The van der Waals surface area contributed by atoms with Crippen LogP contribution in [-0.2, 0) is 9.59 Å². The summed E-state index contributed by atoms with van der Waals surface area (Å²) in [6, 6.07) is 0.206. The molecule has 0 unspecified atom stereocenters. The second-order valence-electron chi connectivity index (χ2n) is 3.96. The van der Waals surface area contributed by atoms with E-state index in [1.807, 2.05) is 0 Å². The van der Waals surface area contributed by atoms with Crippen molar-refractivity contribution in [2.45, 2.75) is 45.1 Å². The predicted molar refractivity (Wildman–Crippen MR) is 53.8 cm³/mol. The molecule has 1 amide bonds. The van der Waals surface area contributed by atoms with Gasteiger partial charge in [-0.15, -0.1) is 0 Å². The zero-order valence-corrected chi connectivity index (χ0v) is 8.91. The molecule has 1 rings (SSSR count). The first-order valence-corrected chi connectivity index (χ1v) is 5.29. The highest BCUT2D eigenvalue weighted by atomic mass is 16.4. The molecule has 0 radical (unpaired) electrons.